The number of hydrogen-bond donors (Lipinski definition) is 1. The van der Waals surface area contributed by atoms with Crippen LogP contribution in [0, 0.1) is 20.8 Å². The molecule has 1 aromatic rings. The van der Waals surface area contributed by atoms with Gasteiger partial charge in [0.1, 0.15) is 0 Å². The smallest absolute Gasteiger partial charge is 0.304 e. The number of benzene rings is 1. The number of nitrogens with zero attached hydrogens (tertiary/aromatic N) is 1. The van der Waals surface area contributed by atoms with Crippen LogP contribution in [0.1, 0.15) is 16.7 Å². The first-order valence-corrected chi connectivity index (χ1v) is 7.26. The Labute approximate surface area is 108 Å². The first-order valence-electron chi connectivity index (χ1n) is 5.41. The van der Waals surface area contributed by atoms with Crippen molar-refractivity contribution in [3.63, 3.8) is 0 Å². The van der Waals surface area contributed by atoms with E-state index >= 15 is 0 Å². The highest BCUT2D eigenvalue weighted by atomic mass is 32.2. The molecule has 1 N–H and O–H groups in total. The molecule has 18 heavy (non-hydrogen) atoms. The van der Waals surface area contributed by atoms with Crippen LogP contribution in [0.2, 0.25) is 0 Å². The quantitative estimate of drug-likeness (QED) is 0.659. The normalized spacial score (nSPS) is 12.4. The Morgan fingerprint density at radius 2 is 1.72 bits per heavy atom. The Balaban J connectivity index is 3.15. The highest BCUT2D eigenvalue weighted by Crippen LogP contribution is 2.22. The number of amidine groups is 1. The van der Waals surface area contributed by atoms with E-state index in [4.69, 9.17) is 4.74 Å². The van der Waals surface area contributed by atoms with Gasteiger partial charge in [0.05, 0.1) is 13.4 Å². The number of hydrogen-bond acceptors (Lipinski definition) is 3. The van der Waals surface area contributed by atoms with Gasteiger partial charge in [0.2, 0.25) is 0 Å². The Hall–Kier alpha value is -1.56. The third kappa shape index (κ3) is 4.03. The van der Waals surface area contributed by atoms with E-state index in [0.717, 1.165) is 28.6 Å². The van der Waals surface area contributed by atoms with Gasteiger partial charge in [-0.05, 0) is 31.9 Å². The maximum atomic E-state index is 11.1. The van der Waals surface area contributed by atoms with E-state index in [-0.39, 0.29) is 6.02 Å². The highest BCUT2D eigenvalue weighted by Gasteiger charge is 2.09. The lowest BCUT2D eigenvalue weighted by molar-refractivity contribution is 0.403. The first kappa shape index (κ1) is 14.5. The molecule has 0 fully saturated rings. The van der Waals surface area contributed by atoms with Crippen LogP contribution in [0.3, 0.4) is 0 Å². The summed E-state index contributed by atoms with van der Waals surface area (Å²) in [6.45, 7) is 5.89. The van der Waals surface area contributed by atoms with Gasteiger partial charge in [-0.1, -0.05) is 17.7 Å². The summed E-state index contributed by atoms with van der Waals surface area (Å²) in [5.74, 6) is 0. The fourth-order valence-corrected chi connectivity index (χ4v) is 2.17. The van der Waals surface area contributed by atoms with Gasteiger partial charge in [0.15, 0.2) is 0 Å². The number of sulfonamides is 1. The zero-order valence-corrected chi connectivity index (χ0v) is 12.1. The zero-order chi connectivity index (χ0) is 13.9. The molecule has 0 aliphatic rings. The average molecular weight is 270 g/mol. The molecule has 0 atom stereocenters. The lowest BCUT2D eigenvalue weighted by atomic mass is 10.1. The SMILES string of the molecule is CO/C(=N/S(C)(=O)=O)Nc1c(C)cc(C)cc1C. The molecule has 0 unspecified atom stereocenters. The van der Waals surface area contributed by atoms with Crippen LogP contribution in [0.25, 0.3) is 0 Å². The molecule has 0 spiro atoms. The number of methoxy groups -OCH3 is 1. The summed E-state index contributed by atoms with van der Waals surface area (Å²) in [7, 11) is -2.12. The van der Waals surface area contributed by atoms with E-state index in [2.05, 4.69) is 9.71 Å². The predicted octanol–water partition coefficient (Wildman–Crippen LogP) is 1.99. The molecule has 1 aromatic carbocycles. The summed E-state index contributed by atoms with van der Waals surface area (Å²) < 4.78 is 30.6. The highest BCUT2D eigenvalue weighted by molar-refractivity contribution is 7.89. The molecular formula is C12H18N2O3S. The van der Waals surface area contributed by atoms with Crippen LogP contribution in [-0.4, -0.2) is 27.8 Å². The van der Waals surface area contributed by atoms with Crippen molar-refractivity contribution < 1.29 is 13.2 Å². The number of rotatable bonds is 2. The van der Waals surface area contributed by atoms with Crippen LogP contribution < -0.4 is 5.32 Å². The molecule has 0 amide bonds. The number of anilines is 1. The third-order valence-electron chi connectivity index (χ3n) is 2.35. The molecule has 0 aromatic heterocycles. The first-order chi connectivity index (χ1) is 8.23. The van der Waals surface area contributed by atoms with Crippen LogP contribution in [-0.2, 0) is 14.8 Å². The summed E-state index contributed by atoms with van der Waals surface area (Å²) in [6, 6.07) is 3.97. The molecule has 0 bridgehead atoms. The second-order valence-electron chi connectivity index (χ2n) is 4.23. The lowest BCUT2D eigenvalue weighted by Crippen LogP contribution is -2.17. The summed E-state index contributed by atoms with van der Waals surface area (Å²) in [5, 5.41) is 2.90. The number of ether oxygens (including phenoxy) is 1. The second-order valence-corrected chi connectivity index (χ2v) is 5.88. The molecule has 100 valence electrons. The van der Waals surface area contributed by atoms with Crippen molar-refractivity contribution in [2.45, 2.75) is 20.8 Å². The molecule has 0 radical (unpaired) electrons. The van der Waals surface area contributed by atoms with Crippen molar-refractivity contribution in [2.75, 3.05) is 18.7 Å². The van der Waals surface area contributed by atoms with Crippen LogP contribution in [0.15, 0.2) is 16.5 Å². The van der Waals surface area contributed by atoms with E-state index in [0.29, 0.717) is 0 Å². The second kappa shape index (κ2) is 5.39. The summed E-state index contributed by atoms with van der Waals surface area (Å²) in [5.41, 5.74) is 3.97. The zero-order valence-electron chi connectivity index (χ0n) is 11.2. The molecular weight excluding hydrogens is 252 g/mol. The van der Waals surface area contributed by atoms with E-state index in [1.807, 2.05) is 32.9 Å². The van der Waals surface area contributed by atoms with Crippen molar-refractivity contribution in [2.24, 2.45) is 4.40 Å². The minimum Gasteiger partial charge on any atom is -0.468 e. The molecule has 0 aliphatic carbocycles. The Morgan fingerprint density at radius 3 is 2.11 bits per heavy atom. The number of aryl methyl sites for hydroxylation is 3. The van der Waals surface area contributed by atoms with Gasteiger partial charge in [0.25, 0.3) is 10.0 Å². The molecule has 0 saturated heterocycles. The average Bonchev–Trinajstić information content (AvgIpc) is 2.19. The Bertz CT molecular complexity index is 554. The van der Waals surface area contributed by atoms with Gasteiger partial charge in [-0.2, -0.15) is 0 Å². The molecule has 0 heterocycles. The van der Waals surface area contributed by atoms with Crippen molar-refractivity contribution in [3.05, 3.63) is 28.8 Å². The summed E-state index contributed by atoms with van der Waals surface area (Å²) in [6.07, 6.45) is 1.02. The van der Waals surface area contributed by atoms with Crippen LogP contribution in [0.5, 0.6) is 0 Å². The van der Waals surface area contributed by atoms with Gasteiger partial charge < -0.3 is 10.1 Å². The maximum Gasteiger partial charge on any atom is 0.304 e. The van der Waals surface area contributed by atoms with Crippen molar-refractivity contribution in [1.29, 1.82) is 0 Å². The van der Waals surface area contributed by atoms with Gasteiger partial charge >= 0.3 is 6.02 Å². The fourth-order valence-electron chi connectivity index (χ4n) is 1.75. The largest absolute Gasteiger partial charge is 0.468 e. The van der Waals surface area contributed by atoms with E-state index in [1.165, 1.54) is 7.11 Å². The number of nitrogens with one attached hydrogen (secondary N) is 1. The van der Waals surface area contributed by atoms with Gasteiger partial charge in [0, 0.05) is 5.69 Å². The molecule has 0 aliphatic heterocycles. The Morgan fingerprint density at radius 1 is 1.22 bits per heavy atom. The van der Waals surface area contributed by atoms with E-state index < -0.39 is 10.0 Å². The van der Waals surface area contributed by atoms with Crippen LogP contribution in [0.4, 0.5) is 5.69 Å². The van der Waals surface area contributed by atoms with Crippen LogP contribution >= 0.6 is 0 Å². The maximum absolute atomic E-state index is 11.1. The minimum absolute atomic E-state index is 0.0347. The molecule has 5 nitrogen and oxygen atoms in total. The Kier molecular flexibility index (Phi) is 4.34. The standard InChI is InChI=1S/C12H18N2O3S/c1-8-6-9(2)11(10(3)7-8)13-12(17-4)14-18(5,15)16/h6-7H,1-5H3,(H,13,14). The van der Waals surface area contributed by atoms with Crippen molar-refractivity contribution in [3.8, 4) is 0 Å². The predicted molar refractivity (Wildman–Crippen MR) is 73.6 cm³/mol. The van der Waals surface area contributed by atoms with E-state index in [9.17, 15) is 8.42 Å². The third-order valence-corrected chi connectivity index (χ3v) is 2.85. The van der Waals surface area contributed by atoms with Gasteiger partial charge in [-0.3, -0.25) is 0 Å². The molecule has 1 rings (SSSR count). The topological polar surface area (TPSA) is 67.8 Å². The van der Waals surface area contributed by atoms with Crippen molar-refractivity contribution in [1.82, 2.24) is 0 Å². The fraction of sp³-hybridized carbons (Fsp3) is 0.417. The summed E-state index contributed by atoms with van der Waals surface area (Å²) in [4.78, 5) is 0. The van der Waals surface area contributed by atoms with Gasteiger partial charge in [-0.25, -0.2) is 8.42 Å². The molecule has 0 saturated carbocycles. The van der Waals surface area contributed by atoms with Gasteiger partial charge in [-0.15, -0.1) is 4.40 Å². The summed E-state index contributed by atoms with van der Waals surface area (Å²) >= 11 is 0. The minimum atomic E-state index is -3.49. The monoisotopic (exact) mass is 270 g/mol. The molecule has 6 heteroatoms. The van der Waals surface area contributed by atoms with E-state index in [1.54, 1.807) is 0 Å². The van der Waals surface area contributed by atoms with Crippen molar-refractivity contribution >= 4 is 21.7 Å². The lowest BCUT2D eigenvalue weighted by Gasteiger charge is -2.14.